The fourth-order valence-corrected chi connectivity index (χ4v) is 2.94. The molecule has 1 aromatic rings. The second-order valence-corrected chi connectivity index (χ2v) is 7.19. The first kappa shape index (κ1) is 27.0. The number of benzene rings is 1. The first-order valence-electron chi connectivity index (χ1n) is 10.6. The number of hydroxylamine groups is 1. The molecule has 1 aliphatic heterocycles. The summed E-state index contributed by atoms with van der Waals surface area (Å²) in [4.78, 5) is 64.4. The van der Waals surface area contributed by atoms with Crippen LogP contribution in [0.1, 0.15) is 34.1 Å². The quantitative estimate of drug-likeness (QED) is 0.257. The second-order valence-electron chi connectivity index (χ2n) is 7.19. The number of hydrogen-bond donors (Lipinski definition) is 3. The fourth-order valence-electron chi connectivity index (χ4n) is 2.94. The zero-order valence-corrected chi connectivity index (χ0v) is 19.6. The van der Waals surface area contributed by atoms with Crippen LogP contribution in [0.3, 0.4) is 0 Å². The molecule has 3 atom stereocenters. The molecule has 2 amide bonds. The van der Waals surface area contributed by atoms with E-state index in [1.807, 2.05) is 0 Å². The van der Waals surface area contributed by atoms with Gasteiger partial charge in [0.1, 0.15) is 12.3 Å². The van der Waals surface area contributed by atoms with Gasteiger partial charge in [-0.1, -0.05) is 25.1 Å². The summed E-state index contributed by atoms with van der Waals surface area (Å²) in [6.45, 7) is 4.54. The number of hydrogen-bond acceptors (Lipinski definition) is 11. The lowest BCUT2D eigenvalue weighted by molar-refractivity contribution is -0.186. The van der Waals surface area contributed by atoms with E-state index in [0.717, 1.165) is 20.8 Å². The average Bonchev–Trinajstić information content (AvgIpc) is 2.79. The Balaban J connectivity index is 2.39. The third-order valence-electron chi connectivity index (χ3n) is 4.36. The van der Waals surface area contributed by atoms with E-state index in [1.165, 1.54) is 0 Å². The fraction of sp³-hybridized carbons (Fsp3) is 0.409. The predicted molar refractivity (Wildman–Crippen MR) is 118 cm³/mol. The summed E-state index contributed by atoms with van der Waals surface area (Å²) in [7, 11) is 0. The maximum atomic E-state index is 12.2. The molecular formula is C22H27N3O10. The Morgan fingerprint density at radius 2 is 1.57 bits per heavy atom. The van der Waals surface area contributed by atoms with Gasteiger partial charge in [-0.25, -0.2) is 4.79 Å². The van der Waals surface area contributed by atoms with Crippen LogP contribution in [0.25, 0.3) is 0 Å². The van der Waals surface area contributed by atoms with E-state index in [1.54, 1.807) is 37.3 Å². The molecule has 13 nitrogen and oxygen atoms in total. The summed E-state index contributed by atoms with van der Waals surface area (Å²) in [6, 6.07) is 8.41. The second kappa shape index (κ2) is 12.8. The van der Waals surface area contributed by atoms with Gasteiger partial charge >= 0.3 is 24.0 Å². The van der Waals surface area contributed by atoms with Gasteiger partial charge in [-0.05, 0) is 12.1 Å². The van der Waals surface area contributed by atoms with E-state index in [-0.39, 0.29) is 18.0 Å². The van der Waals surface area contributed by atoms with Gasteiger partial charge < -0.3 is 29.1 Å². The SMILES string of the molecule is CCC(=O)NC1=C(NOC(=O)Nc2ccccc2)O[C@H](COC(C)=O)[C@@H](OC(C)=O)[C@@H]1OC(C)=O. The first-order valence-corrected chi connectivity index (χ1v) is 10.6. The van der Waals surface area contributed by atoms with Crippen molar-refractivity contribution in [3.63, 3.8) is 0 Å². The molecule has 13 heteroatoms. The topological polar surface area (TPSA) is 168 Å². The Kier molecular flexibility index (Phi) is 9.87. The number of carbonyl (C=O) groups is 5. The van der Waals surface area contributed by atoms with E-state index in [4.69, 9.17) is 23.8 Å². The van der Waals surface area contributed by atoms with Gasteiger partial charge in [0.25, 0.3) is 0 Å². The maximum absolute atomic E-state index is 12.2. The van der Waals surface area contributed by atoms with Crippen molar-refractivity contribution in [1.82, 2.24) is 10.8 Å². The minimum Gasteiger partial charge on any atom is -0.465 e. The third kappa shape index (κ3) is 8.53. The molecule has 0 radical (unpaired) electrons. The highest BCUT2D eigenvalue weighted by atomic mass is 16.7. The van der Waals surface area contributed by atoms with Crippen molar-refractivity contribution >= 4 is 35.6 Å². The van der Waals surface area contributed by atoms with Gasteiger partial charge in [0, 0.05) is 32.9 Å². The van der Waals surface area contributed by atoms with Crippen LogP contribution in [0.5, 0.6) is 0 Å². The van der Waals surface area contributed by atoms with Crippen LogP contribution < -0.4 is 16.1 Å². The van der Waals surface area contributed by atoms with E-state index in [2.05, 4.69) is 16.1 Å². The highest BCUT2D eigenvalue weighted by Crippen LogP contribution is 2.28. The maximum Gasteiger partial charge on any atom is 0.436 e. The number of para-hydroxylation sites is 1. The Hall–Kier alpha value is -4.29. The molecule has 0 aliphatic carbocycles. The van der Waals surface area contributed by atoms with Gasteiger partial charge in [-0.3, -0.25) is 24.5 Å². The van der Waals surface area contributed by atoms with Crippen LogP contribution in [-0.4, -0.2) is 54.8 Å². The normalized spacial score (nSPS) is 18.9. The molecule has 1 heterocycles. The summed E-state index contributed by atoms with van der Waals surface area (Å²) >= 11 is 0. The van der Waals surface area contributed by atoms with Crippen molar-refractivity contribution in [2.24, 2.45) is 0 Å². The van der Waals surface area contributed by atoms with Gasteiger partial charge in [-0.2, -0.15) is 5.48 Å². The van der Waals surface area contributed by atoms with Gasteiger partial charge in [0.2, 0.25) is 11.8 Å². The molecule has 0 bridgehead atoms. The smallest absolute Gasteiger partial charge is 0.436 e. The van der Waals surface area contributed by atoms with Crippen LogP contribution in [0.2, 0.25) is 0 Å². The lowest BCUT2D eigenvalue weighted by Gasteiger charge is -2.38. The third-order valence-corrected chi connectivity index (χ3v) is 4.36. The van der Waals surface area contributed by atoms with E-state index >= 15 is 0 Å². The Bertz CT molecular complexity index is 979. The van der Waals surface area contributed by atoms with Gasteiger partial charge in [0.15, 0.2) is 18.3 Å². The number of ether oxygens (including phenoxy) is 4. The van der Waals surface area contributed by atoms with Crippen LogP contribution in [-0.2, 0) is 43.0 Å². The Morgan fingerprint density at radius 3 is 2.14 bits per heavy atom. The van der Waals surface area contributed by atoms with Crippen LogP contribution in [0, 0.1) is 0 Å². The summed E-state index contributed by atoms with van der Waals surface area (Å²) in [5.74, 6) is -3.01. The van der Waals surface area contributed by atoms with E-state index < -0.39 is 54.8 Å². The first-order chi connectivity index (χ1) is 16.6. The van der Waals surface area contributed by atoms with E-state index in [0.29, 0.717) is 5.69 Å². The molecular weight excluding hydrogens is 466 g/mol. The number of rotatable bonds is 9. The molecule has 0 saturated carbocycles. The van der Waals surface area contributed by atoms with E-state index in [9.17, 15) is 24.0 Å². The van der Waals surface area contributed by atoms with Gasteiger partial charge in [0.05, 0.1) is 0 Å². The highest BCUT2D eigenvalue weighted by molar-refractivity contribution is 5.84. The molecule has 1 aromatic carbocycles. The molecule has 0 saturated heterocycles. The van der Waals surface area contributed by atoms with Crippen molar-refractivity contribution in [3.05, 3.63) is 41.9 Å². The van der Waals surface area contributed by atoms with Crippen molar-refractivity contribution in [2.75, 3.05) is 11.9 Å². The highest BCUT2D eigenvalue weighted by Gasteiger charge is 2.46. The van der Waals surface area contributed by atoms with Crippen LogP contribution in [0.15, 0.2) is 41.9 Å². The standard InChI is InChI=1S/C22H27N3O10/c1-5-17(29)24-18-20(33-14(4)28)19(32-13(3)27)16(11-31-12(2)26)34-21(18)25-35-22(30)23-15-9-7-6-8-10-15/h6-10,16,19-20,25H,5,11H2,1-4H3,(H,23,30)(H,24,29)/t16-,19-,20-/m1/s1. The summed E-state index contributed by atoms with van der Waals surface area (Å²) < 4.78 is 21.3. The van der Waals surface area contributed by atoms with Crippen molar-refractivity contribution in [3.8, 4) is 0 Å². The molecule has 3 N–H and O–H groups in total. The molecule has 0 aromatic heterocycles. The average molecular weight is 493 g/mol. The largest absolute Gasteiger partial charge is 0.465 e. The number of carbonyl (C=O) groups excluding carboxylic acids is 5. The summed E-state index contributed by atoms with van der Waals surface area (Å²) in [5.41, 5.74) is 2.54. The Labute approximate surface area is 201 Å². The Morgan fingerprint density at radius 1 is 0.914 bits per heavy atom. The monoisotopic (exact) mass is 493 g/mol. The zero-order valence-electron chi connectivity index (χ0n) is 19.6. The minimum absolute atomic E-state index is 0.0357. The summed E-state index contributed by atoms with van der Waals surface area (Å²) in [5, 5.41) is 4.97. The van der Waals surface area contributed by atoms with Crippen molar-refractivity contribution in [1.29, 1.82) is 0 Å². The van der Waals surface area contributed by atoms with Crippen LogP contribution in [0.4, 0.5) is 10.5 Å². The number of anilines is 1. The molecule has 0 fully saturated rings. The zero-order chi connectivity index (χ0) is 26.0. The number of nitrogens with one attached hydrogen (secondary N) is 3. The lowest BCUT2D eigenvalue weighted by Crippen LogP contribution is -2.55. The molecule has 35 heavy (non-hydrogen) atoms. The number of amides is 2. The molecule has 0 spiro atoms. The number of esters is 3. The lowest BCUT2D eigenvalue weighted by atomic mass is 10.0. The van der Waals surface area contributed by atoms with Crippen molar-refractivity contribution in [2.45, 2.75) is 52.4 Å². The van der Waals surface area contributed by atoms with Crippen LogP contribution >= 0.6 is 0 Å². The molecule has 2 rings (SSSR count). The molecule has 1 aliphatic rings. The predicted octanol–water partition coefficient (Wildman–Crippen LogP) is 1.26. The van der Waals surface area contributed by atoms with Crippen molar-refractivity contribution < 1.29 is 47.8 Å². The minimum atomic E-state index is -1.40. The van der Waals surface area contributed by atoms with Gasteiger partial charge in [-0.15, -0.1) is 0 Å². The molecule has 190 valence electrons. The molecule has 0 unspecified atom stereocenters. The summed E-state index contributed by atoms with van der Waals surface area (Å²) in [6.07, 6.45) is -4.81.